The molecule has 2 aromatic rings. The SMILES string of the molecule is C=C(C)c1ccccc1C(C(=C)O)C(C)c1ccc(OC)nc1.CCC. The van der Waals surface area contributed by atoms with E-state index in [4.69, 9.17) is 4.74 Å². The van der Waals surface area contributed by atoms with Gasteiger partial charge in [-0.3, -0.25) is 0 Å². The fraction of sp³-hybridized carbons (Fsp3) is 0.348. The molecule has 0 radical (unpaired) electrons. The van der Waals surface area contributed by atoms with Crippen LogP contribution >= 0.6 is 0 Å². The molecule has 0 amide bonds. The number of hydrogen-bond acceptors (Lipinski definition) is 3. The molecule has 3 heteroatoms. The van der Waals surface area contributed by atoms with Gasteiger partial charge < -0.3 is 9.84 Å². The summed E-state index contributed by atoms with van der Waals surface area (Å²) in [5, 5.41) is 10.2. The lowest BCUT2D eigenvalue weighted by Crippen LogP contribution is -2.13. The van der Waals surface area contributed by atoms with Crippen molar-refractivity contribution < 1.29 is 9.84 Å². The predicted octanol–water partition coefficient (Wildman–Crippen LogP) is 6.50. The van der Waals surface area contributed by atoms with Crippen molar-refractivity contribution in [3.63, 3.8) is 0 Å². The van der Waals surface area contributed by atoms with Gasteiger partial charge in [-0.1, -0.05) is 76.3 Å². The van der Waals surface area contributed by atoms with Crippen molar-refractivity contribution in [3.05, 3.63) is 78.2 Å². The number of aromatic nitrogens is 1. The zero-order valence-electron chi connectivity index (χ0n) is 16.6. The van der Waals surface area contributed by atoms with Crippen molar-refractivity contribution in [3.8, 4) is 5.88 Å². The maximum absolute atomic E-state index is 10.2. The third-order valence-electron chi connectivity index (χ3n) is 4.11. The Morgan fingerprint density at radius 1 is 1.15 bits per heavy atom. The van der Waals surface area contributed by atoms with Gasteiger partial charge in [0.05, 0.1) is 12.9 Å². The summed E-state index contributed by atoms with van der Waals surface area (Å²) < 4.78 is 5.10. The normalized spacial score (nSPS) is 12.3. The second-order valence-corrected chi connectivity index (χ2v) is 6.47. The molecule has 0 spiro atoms. The zero-order chi connectivity index (χ0) is 19.7. The van der Waals surface area contributed by atoms with E-state index in [0.29, 0.717) is 5.88 Å². The van der Waals surface area contributed by atoms with Crippen LogP contribution in [0.25, 0.3) is 5.57 Å². The van der Waals surface area contributed by atoms with E-state index in [2.05, 4.69) is 38.9 Å². The first-order valence-electron chi connectivity index (χ1n) is 8.99. The highest BCUT2D eigenvalue weighted by atomic mass is 16.5. The lowest BCUT2D eigenvalue weighted by Gasteiger charge is -2.26. The second-order valence-electron chi connectivity index (χ2n) is 6.47. The molecule has 140 valence electrons. The lowest BCUT2D eigenvalue weighted by molar-refractivity contribution is 0.352. The lowest BCUT2D eigenvalue weighted by atomic mass is 9.79. The average molecular weight is 354 g/mol. The number of benzene rings is 1. The molecular formula is C23H31NO2. The fourth-order valence-corrected chi connectivity index (χ4v) is 2.87. The number of pyridine rings is 1. The fourth-order valence-electron chi connectivity index (χ4n) is 2.87. The van der Waals surface area contributed by atoms with Gasteiger partial charge in [0.1, 0.15) is 0 Å². The summed E-state index contributed by atoms with van der Waals surface area (Å²) >= 11 is 0. The van der Waals surface area contributed by atoms with Gasteiger partial charge in [-0.05, 0) is 29.5 Å². The van der Waals surface area contributed by atoms with Crippen LogP contribution in [0.2, 0.25) is 0 Å². The zero-order valence-corrected chi connectivity index (χ0v) is 16.6. The number of allylic oxidation sites excluding steroid dienone is 2. The maximum Gasteiger partial charge on any atom is 0.212 e. The summed E-state index contributed by atoms with van der Waals surface area (Å²) in [7, 11) is 1.59. The summed E-state index contributed by atoms with van der Waals surface area (Å²) in [5.41, 5.74) is 4.05. The quantitative estimate of drug-likeness (QED) is 0.603. The Balaban J connectivity index is 0.00000105. The highest BCUT2D eigenvalue weighted by molar-refractivity contribution is 5.66. The van der Waals surface area contributed by atoms with Gasteiger partial charge in [-0.15, -0.1) is 0 Å². The van der Waals surface area contributed by atoms with Crippen LogP contribution in [-0.2, 0) is 0 Å². The molecule has 0 bridgehead atoms. The van der Waals surface area contributed by atoms with E-state index in [1.165, 1.54) is 6.42 Å². The molecule has 2 atom stereocenters. The van der Waals surface area contributed by atoms with Crippen molar-refractivity contribution in [1.82, 2.24) is 4.98 Å². The third-order valence-corrected chi connectivity index (χ3v) is 4.11. The standard InChI is InChI=1S/C20H23NO2.C3H8/c1-13(2)17-8-6-7-9-18(17)20(15(4)22)14(3)16-10-11-19(23-5)21-12-16;1-3-2/h6-12,14,20,22H,1,4H2,2-3,5H3;3H2,1-2H3. The summed E-state index contributed by atoms with van der Waals surface area (Å²) in [6.07, 6.45) is 3.03. The van der Waals surface area contributed by atoms with Gasteiger partial charge in [0.25, 0.3) is 0 Å². The van der Waals surface area contributed by atoms with Crippen LogP contribution in [0.1, 0.15) is 62.6 Å². The molecule has 0 saturated carbocycles. The number of methoxy groups -OCH3 is 1. The summed E-state index contributed by atoms with van der Waals surface area (Å²) in [4.78, 5) is 4.26. The first-order valence-corrected chi connectivity index (χ1v) is 8.99. The Morgan fingerprint density at radius 3 is 2.23 bits per heavy atom. The van der Waals surface area contributed by atoms with Crippen molar-refractivity contribution in [2.24, 2.45) is 0 Å². The first-order chi connectivity index (χ1) is 12.4. The molecule has 0 aliphatic heterocycles. The van der Waals surface area contributed by atoms with Crippen LogP contribution < -0.4 is 4.74 Å². The molecule has 2 unspecified atom stereocenters. The summed E-state index contributed by atoms with van der Waals surface area (Å²) in [6, 6.07) is 11.8. The van der Waals surface area contributed by atoms with E-state index in [0.717, 1.165) is 22.3 Å². The van der Waals surface area contributed by atoms with Crippen LogP contribution in [0.3, 0.4) is 0 Å². The number of aliphatic hydroxyl groups is 1. The Morgan fingerprint density at radius 2 is 1.77 bits per heavy atom. The number of ether oxygens (including phenoxy) is 1. The van der Waals surface area contributed by atoms with Crippen LogP contribution in [0, 0.1) is 0 Å². The minimum Gasteiger partial charge on any atom is -0.512 e. The maximum atomic E-state index is 10.2. The average Bonchev–Trinajstić information content (AvgIpc) is 2.62. The Kier molecular flexibility index (Phi) is 8.63. The molecule has 1 aromatic carbocycles. The van der Waals surface area contributed by atoms with E-state index in [-0.39, 0.29) is 17.6 Å². The molecule has 0 saturated heterocycles. The van der Waals surface area contributed by atoms with Gasteiger partial charge in [0, 0.05) is 18.2 Å². The number of nitrogens with zero attached hydrogens (tertiary/aromatic N) is 1. The Bertz CT molecular complexity index is 719. The van der Waals surface area contributed by atoms with Crippen LogP contribution in [-0.4, -0.2) is 17.2 Å². The van der Waals surface area contributed by atoms with Crippen molar-refractivity contribution in [2.45, 2.75) is 46.0 Å². The molecule has 1 N–H and O–H groups in total. The first kappa shape index (κ1) is 21.5. The van der Waals surface area contributed by atoms with Gasteiger partial charge in [-0.2, -0.15) is 0 Å². The van der Waals surface area contributed by atoms with Gasteiger partial charge in [0.2, 0.25) is 5.88 Å². The smallest absolute Gasteiger partial charge is 0.212 e. The molecule has 1 heterocycles. The topological polar surface area (TPSA) is 42.4 Å². The Hall–Kier alpha value is -2.55. The van der Waals surface area contributed by atoms with Gasteiger partial charge >= 0.3 is 0 Å². The highest BCUT2D eigenvalue weighted by Gasteiger charge is 2.26. The summed E-state index contributed by atoms with van der Waals surface area (Å²) in [5.74, 6) is 0.509. The number of rotatable bonds is 6. The molecular weight excluding hydrogens is 322 g/mol. The monoisotopic (exact) mass is 353 g/mol. The van der Waals surface area contributed by atoms with Crippen molar-refractivity contribution in [1.29, 1.82) is 0 Å². The van der Waals surface area contributed by atoms with Gasteiger partial charge in [0.15, 0.2) is 0 Å². The minimum absolute atomic E-state index is 0.0198. The molecule has 26 heavy (non-hydrogen) atoms. The molecule has 3 nitrogen and oxygen atoms in total. The van der Waals surface area contributed by atoms with Crippen LogP contribution in [0.5, 0.6) is 5.88 Å². The molecule has 0 aliphatic rings. The van der Waals surface area contributed by atoms with Crippen LogP contribution in [0.15, 0.2) is 61.5 Å². The second kappa shape index (κ2) is 10.4. The van der Waals surface area contributed by atoms with Crippen molar-refractivity contribution in [2.75, 3.05) is 7.11 Å². The van der Waals surface area contributed by atoms with Gasteiger partial charge in [-0.25, -0.2) is 4.98 Å². The molecule has 1 aromatic heterocycles. The van der Waals surface area contributed by atoms with E-state index in [1.54, 1.807) is 13.3 Å². The minimum atomic E-state index is -0.224. The highest BCUT2D eigenvalue weighted by Crippen LogP contribution is 2.39. The van der Waals surface area contributed by atoms with E-state index >= 15 is 0 Å². The third kappa shape index (κ3) is 5.48. The van der Waals surface area contributed by atoms with E-state index in [1.807, 2.05) is 43.3 Å². The van der Waals surface area contributed by atoms with E-state index in [9.17, 15) is 5.11 Å². The van der Waals surface area contributed by atoms with E-state index < -0.39 is 0 Å². The molecule has 0 fully saturated rings. The summed E-state index contributed by atoms with van der Waals surface area (Å²) in [6.45, 7) is 16.1. The number of aliphatic hydroxyl groups excluding tert-OH is 1. The largest absolute Gasteiger partial charge is 0.512 e. The van der Waals surface area contributed by atoms with Crippen molar-refractivity contribution >= 4 is 5.57 Å². The van der Waals surface area contributed by atoms with Crippen LogP contribution in [0.4, 0.5) is 0 Å². The molecule has 2 rings (SSSR count). The number of hydrogen-bond donors (Lipinski definition) is 1. The Labute approximate surface area is 158 Å². The predicted molar refractivity (Wildman–Crippen MR) is 111 cm³/mol. The molecule has 0 aliphatic carbocycles.